The molecule has 94 valence electrons. The molecule has 0 spiro atoms. The highest BCUT2D eigenvalue weighted by Crippen LogP contribution is 2.29. The summed E-state index contributed by atoms with van der Waals surface area (Å²) in [7, 11) is 0. The average molecular weight is 234 g/mol. The number of hydrogen-bond acceptors (Lipinski definition) is 2. The molecule has 0 saturated carbocycles. The maximum atomic E-state index is 12.0. The second-order valence-electron chi connectivity index (χ2n) is 5.14. The third kappa shape index (κ3) is 2.81. The zero-order valence-electron chi connectivity index (χ0n) is 10.8. The van der Waals surface area contributed by atoms with Crippen molar-refractivity contribution in [3.63, 3.8) is 0 Å². The fraction of sp³-hybridized carbons (Fsp3) is 0.786. The van der Waals surface area contributed by atoms with E-state index in [9.17, 15) is 4.79 Å². The first kappa shape index (κ1) is 12.4. The van der Waals surface area contributed by atoms with Gasteiger partial charge in [-0.25, -0.2) is 0 Å². The molecule has 3 heteroatoms. The van der Waals surface area contributed by atoms with Crippen LogP contribution >= 0.6 is 0 Å². The molecule has 1 amide bonds. The second-order valence-corrected chi connectivity index (χ2v) is 5.14. The molecule has 2 heterocycles. The summed E-state index contributed by atoms with van der Waals surface area (Å²) >= 11 is 0. The van der Waals surface area contributed by atoms with Crippen molar-refractivity contribution >= 4 is 5.91 Å². The Bertz CT molecular complexity index is 330. The topological polar surface area (TPSA) is 32.3 Å². The van der Waals surface area contributed by atoms with Crippen LogP contribution in [0.15, 0.2) is 0 Å². The van der Waals surface area contributed by atoms with E-state index in [1.54, 1.807) is 6.92 Å². The van der Waals surface area contributed by atoms with Gasteiger partial charge in [0, 0.05) is 24.7 Å². The fourth-order valence-corrected chi connectivity index (χ4v) is 3.15. The largest absolute Gasteiger partial charge is 0.329 e. The lowest BCUT2D eigenvalue weighted by Gasteiger charge is -2.36. The third-order valence-electron chi connectivity index (χ3n) is 3.85. The molecule has 2 rings (SSSR count). The van der Waals surface area contributed by atoms with Gasteiger partial charge in [0.1, 0.15) is 0 Å². The van der Waals surface area contributed by atoms with Gasteiger partial charge in [-0.15, -0.1) is 0 Å². The molecule has 2 bridgehead atoms. The van der Waals surface area contributed by atoms with E-state index in [0.29, 0.717) is 18.1 Å². The van der Waals surface area contributed by atoms with Crippen LogP contribution in [-0.4, -0.2) is 35.5 Å². The number of nitrogens with one attached hydrogen (secondary N) is 1. The first-order valence-electron chi connectivity index (χ1n) is 6.74. The highest BCUT2D eigenvalue weighted by atomic mass is 16.2. The monoisotopic (exact) mass is 234 g/mol. The van der Waals surface area contributed by atoms with E-state index in [1.165, 1.54) is 12.8 Å². The van der Waals surface area contributed by atoms with Crippen molar-refractivity contribution in [1.29, 1.82) is 0 Å². The summed E-state index contributed by atoms with van der Waals surface area (Å²) in [6.07, 6.45) is 5.77. The quantitative estimate of drug-likeness (QED) is 0.751. The molecule has 2 fully saturated rings. The fourth-order valence-electron chi connectivity index (χ4n) is 3.15. The predicted molar refractivity (Wildman–Crippen MR) is 68.4 cm³/mol. The van der Waals surface area contributed by atoms with Crippen molar-refractivity contribution in [1.82, 2.24) is 10.2 Å². The summed E-state index contributed by atoms with van der Waals surface area (Å²) in [6, 6.07) is 1.66. The summed E-state index contributed by atoms with van der Waals surface area (Å²) in [5.74, 6) is 5.44. The van der Waals surface area contributed by atoms with Gasteiger partial charge in [0.15, 0.2) is 0 Å². The van der Waals surface area contributed by atoms with Gasteiger partial charge in [-0.3, -0.25) is 4.79 Å². The first-order chi connectivity index (χ1) is 8.24. The van der Waals surface area contributed by atoms with Crippen LogP contribution in [0.2, 0.25) is 0 Å². The van der Waals surface area contributed by atoms with Crippen LogP contribution in [0.1, 0.15) is 46.0 Å². The Kier molecular flexibility index (Phi) is 4.06. The molecule has 2 saturated heterocycles. The maximum absolute atomic E-state index is 12.0. The van der Waals surface area contributed by atoms with Crippen LogP contribution in [0.4, 0.5) is 0 Å². The number of fused-ring (bicyclic) bond motifs is 2. The van der Waals surface area contributed by atoms with Gasteiger partial charge < -0.3 is 10.2 Å². The van der Waals surface area contributed by atoms with Gasteiger partial charge >= 0.3 is 0 Å². The Balaban J connectivity index is 2.04. The van der Waals surface area contributed by atoms with E-state index in [4.69, 9.17) is 0 Å². The first-order valence-corrected chi connectivity index (χ1v) is 6.74. The minimum Gasteiger partial charge on any atom is -0.329 e. The Morgan fingerprint density at radius 1 is 1.35 bits per heavy atom. The van der Waals surface area contributed by atoms with Gasteiger partial charge in [-0.1, -0.05) is 12.8 Å². The Morgan fingerprint density at radius 2 is 2.00 bits per heavy atom. The lowest BCUT2D eigenvalue weighted by atomic mass is 9.98. The maximum Gasteiger partial charge on any atom is 0.298 e. The molecule has 2 unspecified atom stereocenters. The number of rotatable bonds is 3. The van der Waals surface area contributed by atoms with Gasteiger partial charge in [0.05, 0.1) is 0 Å². The van der Waals surface area contributed by atoms with Gasteiger partial charge in [0.25, 0.3) is 5.91 Å². The third-order valence-corrected chi connectivity index (χ3v) is 3.85. The molecule has 17 heavy (non-hydrogen) atoms. The normalized spacial score (nSPS) is 30.6. The summed E-state index contributed by atoms with van der Waals surface area (Å²) in [4.78, 5) is 14.0. The van der Waals surface area contributed by atoms with E-state index < -0.39 is 0 Å². The van der Waals surface area contributed by atoms with Crippen molar-refractivity contribution in [2.45, 2.75) is 64.1 Å². The summed E-state index contributed by atoms with van der Waals surface area (Å²) in [5.41, 5.74) is 0. The number of nitrogens with zero attached hydrogens (tertiary/aromatic N) is 1. The van der Waals surface area contributed by atoms with E-state index in [-0.39, 0.29) is 5.91 Å². The average Bonchev–Trinajstić information content (AvgIpc) is 2.65. The Morgan fingerprint density at radius 3 is 2.53 bits per heavy atom. The molecule has 0 aromatic rings. The molecule has 0 radical (unpaired) electrons. The molecule has 0 aromatic heterocycles. The van der Waals surface area contributed by atoms with Gasteiger partial charge in [-0.05, 0) is 44.9 Å². The molecule has 2 atom stereocenters. The van der Waals surface area contributed by atoms with Crippen molar-refractivity contribution in [3.05, 3.63) is 0 Å². The molecule has 0 aromatic carbocycles. The highest BCUT2D eigenvalue weighted by molar-refractivity contribution is 5.93. The highest BCUT2D eigenvalue weighted by Gasteiger charge is 2.36. The number of carbonyl (C=O) groups is 1. The lowest BCUT2D eigenvalue weighted by Crippen LogP contribution is -2.50. The van der Waals surface area contributed by atoms with E-state index in [1.807, 2.05) is 4.90 Å². The Labute approximate surface area is 104 Å². The molecule has 2 aliphatic heterocycles. The van der Waals surface area contributed by atoms with E-state index in [0.717, 1.165) is 25.8 Å². The van der Waals surface area contributed by atoms with E-state index >= 15 is 0 Å². The zero-order valence-corrected chi connectivity index (χ0v) is 10.8. The SMILES string of the molecule is CC#CC(=O)N(CCC)C1CC2CCC(C1)N2. The summed E-state index contributed by atoms with van der Waals surface area (Å²) < 4.78 is 0. The molecular formula is C14H22N2O. The van der Waals surface area contributed by atoms with Crippen molar-refractivity contribution in [2.75, 3.05) is 6.54 Å². The second kappa shape index (κ2) is 5.55. The smallest absolute Gasteiger partial charge is 0.298 e. The minimum atomic E-state index is 0.0145. The van der Waals surface area contributed by atoms with Gasteiger partial charge in [0.2, 0.25) is 0 Å². The van der Waals surface area contributed by atoms with Crippen LogP contribution < -0.4 is 5.32 Å². The molecular weight excluding hydrogens is 212 g/mol. The van der Waals surface area contributed by atoms with Crippen molar-refractivity contribution in [3.8, 4) is 11.8 Å². The predicted octanol–water partition coefficient (Wildman–Crippen LogP) is 1.53. The molecule has 1 N–H and O–H groups in total. The van der Waals surface area contributed by atoms with Crippen LogP contribution in [0, 0.1) is 11.8 Å². The minimum absolute atomic E-state index is 0.0145. The number of hydrogen-bond donors (Lipinski definition) is 1. The van der Waals surface area contributed by atoms with Crippen molar-refractivity contribution < 1.29 is 4.79 Å². The zero-order chi connectivity index (χ0) is 12.3. The number of piperidine rings is 1. The molecule has 2 aliphatic rings. The number of amides is 1. The standard InChI is InChI=1S/C14H22N2O/c1-3-5-14(17)16(8-4-2)13-9-11-6-7-12(10-13)15-11/h11-13,15H,4,6-10H2,1-2H3. The van der Waals surface area contributed by atoms with E-state index in [2.05, 4.69) is 24.1 Å². The van der Waals surface area contributed by atoms with Gasteiger partial charge in [-0.2, -0.15) is 0 Å². The van der Waals surface area contributed by atoms with Crippen molar-refractivity contribution in [2.24, 2.45) is 0 Å². The van der Waals surface area contributed by atoms with Crippen LogP contribution in [0.25, 0.3) is 0 Å². The number of carbonyl (C=O) groups excluding carboxylic acids is 1. The Hall–Kier alpha value is -1.01. The van der Waals surface area contributed by atoms with Crippen LogP contribution in [0.3, 0.4) is 0 Å². The molecule has 3 nitrogen and oxygen atoms in total. The summed E-state index contributed by atoms with van der Waals surface area (Å²) in [6.45, 7) is 4.70. The lowest BCUT2D eigenvalue weighted by molar-refractivity contribution is -0.128. The summed E-state index contributed by atoms with van der Waals surface area (Å²) in [5, 5.41) is 3.61. The van der Waals surface area contributed by atoms with Crippen LogP contribution in [0.5, 0.6) is 0 Å². The molecule has 0 aliphatic carbocycles. The van der Waals surface area contributed by atoms with Crippen LogP contribution in [-0.2, 0) is 4.79 Å².